The van der Waals surface area contributed by atoms with Gasteiger partial charge in [0.05, 0.1) is 42.4 Å². The third kappa shape index (κ3) is 10.3. The number of aryl methyl sites for hydroxylation is 1. The number of amides is 2. The lowest BCUT2D eigenvalue weighted by molar-refractivity contribution is -0.118. The standard InChI is InChI=1S/C27H27N5O2S.C8H17NO/c1-18-6-7-19(14-25(18)35-2)27(33)29-17-21-15-24-20(16-28-21)8-9-23(30-24)22-4-3-5-26(31-22)32-10-12-34-13-11-32;1-3-4-5-6-7-9-8(2)10/h3-9,14-16H,10-13,17H2,1-2H3,(H,29,33);3-7H2,1-2H3,(H,9,10). The Morgan fingerprint density at radius 2 is 1.76 bits per heavy atom. The van der Waals surface area contributed by atoms with Crippen molar-refractivity contribution in [1.29, 1.82) is 0 Å². The summed E-state index contributed by atoms with van der Waals surface area (Å²) in [5, 5.41) is 6.68. The summed E-state index contributed by atoms with van der Waals surface area (Å²) in [5.41, 5.74) is 5.01. The quantitative estimate of drug-likeness (QED) is 0.150. The number of benzene rings is 1. The van der Waals surface area contributed by atoms with E-state index in [0.717, 1.165) is 83.5 Å². The van der Waals surface area contributed by atoms with E-state index in [0.29, 0.717) is 12.1 Å². The molecule has 1 aliphatic rings. The SMILES string of the molecule is CCCCCCNC(C)=O.CSc1cc(C(=O)NCc2cc3nc(-c4cccc(N5CCOCC5)n4)ccc3cn2)ccc1C. The van der Waals surface area contributed by atoms with Gasteiger partial charge in [0.15, 0.2) is 0 Å². The second-order valence-electron chi connectivity index (χ2n) is 11.0. The monoisotopic (exact) mass is 628 g/mol. The number of carbonyl (C=O) groups is 2. The first-order chi connectivity index (χ1) is 21.9. The van der Waals surface area contributed by atoms with Crippen LogP contribution in [0.4, 0.5) is 5.82 Å². The molecule has 1 aliphatic heterocycles. The van der Waals surface area contributed by atoms with E-state index in [9.17, 15) is 9.59 Å². The van der Waals surface area contributed by atoms with Gasteiger partial charge in [-0.05, 0) is 67.6 Å². The number of thioether (sulfide) groups is 1. The highest BCUT2D eigenvalue weighted by Gasteiger charge is 2.14. The fraction of sp³-hybridized carbons (Fsp3) is 0.400. The highest BCUT2D eigenvalue weighted by atomic mass is 32.2. The lowest BCUT2D eigenvalue weighted by atomic mass is 10.1. The topological polar surface area (TPSA) is 109 Å². The highest BCUT2D eigenvalue weighted by molar-refractivity contribution is 7.98. The van der Waals surface area contributed by atoms with Gasteiger partial charge in [-0.3, -0.25) is 14.6 Å². The summed E-state index contributed by atoms with van der Waals surface area (Å²) >= 11 is 1.64. The number of rotatable bonds is 11. The number of morpholine rings is 1. The van der Waals surface area contributed by atoms with Crippen LogP contribution in [-0.4, -0.2) is 65.9 Å². The molecule has 3 aromatic heterocycles. The number of fused-ring (bicyclic) bond motifs is 1. The number of hydrogen-bond acceptors (Lipinski definition) is 8. The predicted octanol–water partition coefficient (Wildman–Crippen LogP) is 6.19. The zero-order valence-electron chi connectivity index (χ0n) is 26.8. The van der Waals surface area contributed by atoms with Crippen LogP contribution in [0.1, 0.15) is 61.1 Å². The largest absolute Gasteiger partial charge is 0.378 e. The maximum absolute atomic E-state index is 12.7. The molecular weight excluding hydrogens is 584 g/mol. The molecule has 4 heterocycles. The Labute approximate surface area is 270 Å². The summed E-state index contributed by atoms with van der Waals surface area (Å²) in [4.78, 5) is 40.6. The number of pyridine rings is 3. The first-order valence-electron chi connectivity index (χ1n) is 15.6. The van der Waals surface area contributed by atoms with Crippen LogP contribution in [0.15, 0.2) is 65.7 Å². The molecule has 0 atom stereocenters. The number of nitrogens with zero attached hydrogens (tertiary/aromatic N) is 4. The van der Waals surface area contributed by atoms with Crippen molar-refractivity contribution < 1.29 is 14.3 Å². The van der Waals surface area contributed by atoms with Crippen LogP contribution in [0.2, 0.25) is 0 Å². The van der Waals surface area contributed by atoms with E-state index in [-0.39, 0.29) is 11.8 Å². The molecule has 1 fully saturated rings. The third-order valence-electron chi connectivity index (χ3n) is 7.47. The zero-order chi connectivity index (χ0) is 32.0. The molecule has 10 heteroatoms. The summed E-state index contributed by atoms with van der Waals surface area (Å²) in [6, 6.07) is 17.7. The van der Waals surface area contributed by atoms with Crippen LogP contribution in [0.25, 0.3) is 22.3 Å². The number of aromatic nitrogens is 3. The van der Waals surface area contributed by atoms with Gasteiger partial charge in [-0.2, -0.15) is 0 Å². The molecule has 45 heavy (non-hydrogen) atoms. The van der Waals surface area contributed by atoms with Gasteiger partial charge in [0.1, 0.15) is 5.82 Å². The molecule has 5 rings (SSSR count). The maximum Gasteiger partial charge on any atom is 0.251 e. The van der Waals surface area contributed by atoms with Crippen LogP contribution >= 0.6 is 11.8 Å². The van der Waals surface area contributed by atoms with E-state index in [1.807, 2.05) is 67.8 Å². The van der Waals surface area contributed by atoms with Gasteiger partial charge in [-0.1, -0.05) is 38.3 Å². The smallest absolute Gasteiger partial charge is 0.251 e. The Kier molecular flexibility index (Phi) is 13.1. The van der Waals surface area contributed by atoms with E-state index in [4.69, 9.17) is 14.7 Å². The average molecular weight is 629 g/mol. The van der Waals surface area contributed by atoms with Crippen LogP contribution in [0, 0.1) is 6.92 Å². The Morgan fingerprint density at radius 1 is 0.956 bits per heavy atom. The van der Waals surface area contributed by atoms with E-state index < -0.39 is 0 Å². The number of carbonyl (C=O) groups excluding carboxylic acids is 2. The van der Waals surface area contributed by atoms with Crippen molar-refractivity contribution in [3.63, 3.8) is 0 Å². The minimum absolute atomic E-state index is 0.0801. The molecule has 1 saturated heterocycles. The summed E-state index contributed by atoms with van der Waals surface area (Å²) in [6.07, 6.45) is 8.69. The van der Waals surface area contributed by atoms with Crippen LogP contribution in [0.5, 0.6) is 0 Å². The molecule has 0 unspecified atom stereocenters. The van der Waals surface area contributed by atoms with Crippen LogP contribution < -0.4 is 15.5 Å². The van der Waals surface area contributed by atoms with E-state index in [1.165, 1.54) is 19.3 Å². The molecule has 0 spiro atoms. The van der Waals surface area contributed by atoms with Crippen molar-refractivity contribution >= 4 is 40.3 Å². The summed E-state index contributed by atoms with van der Waals surface area (Å²) < 4.78 is 5.46. The van der Waals surface area contributed by atoms with Gasteiger partial charge in [0.25, 0.3) is 5.91 Å². The van der Waals surface area contributed by atoms with Gasteiger partial charge in [-0.25, -0.2) is 9.97 Å². The predicted molar refractivity (Wildman–Crippen MR) is 183 cm³/mol. The number of nitrogens with one attached hydrogen (secondary N) is 2. The van der Waals surface area contributed by atoms with E-state index in [1.54, 1.807) is 24.9 Å². The fourth-order valence-electron chi connectivity index (χ4n) is 4.88. The average Bonchev–Trinajstić information content (AvgIpc) is 3.07. The van der Waals surface area contributed by atoms with E-state index >= 15 is 0 Å². The Balaban J connectivity index is 0.000000399. The molecular formula is C35H44N6O3S. The lowest BCUT2D eigenvalue weighted by Gasteiger charge is -2.28. The van der Waals surface area contributed by atoms with Crippen LogP contribution in [0.3, 0.4) is 0 Å². The second-order valence-corrected chi connectivity index (χ2v) is 11.8. The molecule has 0 radical (unpaired) electrons. The van der Waals surface area contributed by atoms with Crippen molar-refractivity contribution in [2.24, 2.45) is 0 Å². The van der Waals surface area contributed by atoms with Gasteiger partial charge >= 0.3 is 0 Å². The number of hydrogen-bond donors (Lipinski definition) is 2. The van der Waals surface area contributed by atoms with Crippen molar-refractivity contribution in [3.8, 4) is 11.4 Å². The molecule has 0 bridgehead atoms. The molecule has 9 nitrogen and oxygen atoms in total. The van der Waals surface area contributed by atoms with Gasteiger partial charge < -0.3 is 20.3 Å². The van der Waals surface area contributed by atoms with Gasteiger partial charge in [-0.15, -0.1) is 11.8 Å². The van der Waals surface area contributed by atoms with Gasteiger partial charge in [0, 0.05) is 48.6 Å². The van der Waals surface area contributed by atoms with Crippen molar-refractivity contribution in [3.05, 3.63) is 77.6 Å². The fourth-order valence-corrected chi connectivity index (χ4v) is 5.52. The van der Waals surface area contributed by atoms with Crippen molar-refractivity contribution in [2.75, 3.05) is 44.0 Å². The Morgan fingerprint density at radius 3 is 2.51 bits per heavy atom. The summed E-state index contributed by atoms with van der Waals surface area (Å²) in [7, 11) is 0. The van der Waals surface area contributed by atoms with Gasteiger partial charge in [0.2, 0.25) is 5.91 Å². The maximum atomic E-state index is 12.7. The number of unbranched alkanes of at least 4 members (excludes halogenated alkanes) is 3. The van der Waals surface area contributed by atoms with E-state index in [2.05, 4.69) is 27.4 Å². The highest BCUT2D eigenvalue weighted by Crippen LogP contribution is 2.23. The molecule has 2 amide bonds. The lowest BCUT2D eigenvalue weighted by Crippen LogP contribution is -2.36. The first-order valence-corrected chi connectivity index (χ1v) is 16.8. The second kappa shape index (κ2) is 17.5. The normalized spacial score (nSPS) is 12.8. The number of anilines is 1. The Hall–Kier alpha value is -4.02. The molecule has 1 aromatic carbocycles. The molecule has 2 N–H and O–H groups in total. The molecule has 4 aromatic rings. The first kappa shape index (κ1) is 33.9. The van der Waals surface area contributed by atoms with Crippen molar-refractivity contribution in [2.45, 2.75) is 57.9 Å². The zero-order valence-corrected chi connectivity index (χ0v) is 27.6. The van der Waals surface area contributed by atoms with Crippen molar-refractivity contribution in [1.82, 2.24) is 25.6 Å². The third-order valence-corrected chi connectivity index (χ3v) is 8.35. The molecule has 0 aliphatic carbocycles. The minimum atomic E-state index is -0.118. The summed E-state index contributed by atoms with van der Waals surface area (Å²) in [6.45, 7) is 10.1. The Bertz CT molecular complexity index is 1570. The minimum Gasteiger partial charge on any atom is -0.378 e. The molecule has 238 valence electrons. The molecule has 0 saturated carbocycles. The number of ether oxygens (including phenoxy) is 1. The summed E-state index contributed by atoms with van der Waals surface area (Å²) in [5.74, 6) is 0.899. The van der Waals surface area contributed by atoms with Crippen LogP contribution in [-0.2, 0) is 16.1 Å².